The molecule has 0 aliphatic carbocycles. The summed E-state index contributed by atoms with van der Waals surface area (Å²) in [4.78, 5) is 27.9. The fraction of sp³-hybridized carbons (Fsp3) is 0.188. The lowest BCUT2D eigenvalue weighted by atomic mass is 10.1. The van der Waals surface area contributed by atoms with Crippen LogP contribution in [-0.4, -0.2) is 40.1 Å². The first-order valence-corrected chi connectivity index (χ1v) is 8.42. The summed E-state index contributed by atoms with van der Waals surface area (Å²) in [6.45, 7) is 3.61. The van der Waals surface area contributed by atoms with Gasteiger partial charge in [-0.05, 0) is 36.4 Å². The standard InChI is InChI=1S/C16H14ClN9O/c1-8(12-6-10-5-11(17)7-19-14(10)22-15(12)27)20-16-18-4-3-13(21-16)26-9(2)23-24-25-26/h3-8H,1-2H3,(H,18,20,21)(H,19,22,27)/t8-/m0/s1. The van der Waals surface area contributed by atoms with Crippen LogP contribution < -0.4 is 10.9 Å². The minimum absolute atomic E-state index is 0.246. The predicted molar refractivity (Wildman–Crippen MR) is 98.9 cm³/mol. The third-order valence-electron chi connectivity index (χ3n) is 3.98. The number of aryl methyl sites for hydroxylation is 1. The molecule has 4 aromatic heterocycles. The van der Waals surface area contributed by atoms with Crippen LogP contribution in [0, 0.1) is 6.92 Å². The number of aromatic amines is 1. The first kappa shape index (κ1) is 17.0. The van der Waals surface area contributed by atoms with E-state index in [1.807, 2.05) is 6.92 Å². The van der Waals surface area contributed by atoms with Gasteiger partial charge in [-0.15, -0.1) is 5.10 Å². The normalized spacial score (nSPS) is 12.3. The zero-order valence-electron chi connectivity index (χ0n) is 14.4. The zero-order valence-corrected chi connectivity index (χ0v) is 15.1. The maximum absolute atomic E-state index is 12.4. The van der Waals surface area contributed by atoms with Gasteiger partial charge in [0.2, 0.25) is 5.95 Å². The molecule has 0 saturated carbocycles. The summed E-state index contributed by atoms with van der Waals surface area (Å²) >= 11 is 5.99. The van der Waals surface area contributed by atoms with Gasteiger partial charge in [-0.1, -0.05) is 11.6 Å². The highest BCUT2D eigenvalue weighted by Crippen LogP contribution is 2.19. The van der Waals surface area contributed by atoms with E-state index in [-0.39, 0.29) is 11.6 Å². The second-order valence-electron chi connectivity index (χ2n) is 5.89. The van der Waals surface area contributed by atoms with E-state index in [0.29, 0.717) is 33.8 Å². The Labute approximate surface area is 157 Å². The second-order valence-corrected chi connectivity index (χ2v) is 6.32. The number of hydrogen-bond donors (Lipinski definition) is 2. The maximum Gasteiger partial charge on any atom is 0.254 e. The summed E-state index contributed by atoms with van der Waals surface area (Å²) in [5.74, 6) is 1.47. The van der Waals surface area contributed by atoms with E-state index in [9.17, 15) is 4.79 Å². The number of tetrazole rings is 1. The average Bonchev–Trinajstić information content (AvgIpc) is 3.07. The molecule has 4 aromatic rings. The fourth-order valence-corrected chi connectivity index (χ4v) is 2.82. The highest BCUT2D eigenvalue weighted by Gasteiger charge is 2.14. The quantitative estimate of drug-likeness (QED) is 0.546. The van der Waals surface area contributed by atoms with Crippen LogP contribution in [0.4, 0.5) is 5.95 Å². The Morgan fingerprint density at radius 3 is 2.93 bits per heavy atom. The van der Waals surface area contributed by atoms with Crippen LogP contribution >= 0.6 is 11.6 Å². The van der Waals surface area contributed by atoms with Crippen LogP contribution in [0.1, 0.15) is 24.4 Å². The molecule has 0 spiro atoms. The van der Waals surface area contributed by atoms with Gasteiger partial charge in [-0.2, -0.15) is 9.67 Å². The number of H-pyrrole nitrogens is 1. The monoisotopic (exact) mass is 383 g/mol. The van der Waals surface area contributed by atoms with Gasteiger partial charge in [0.25, 0.3) is 5.56 Å². The van der Waals surface area contributed by atoms with Crippen LogP contribution in [0.25, 0.3) is 16.9 Å². The van der Waals surface area contributed by atoms with Crippen molar-refractivity contribution < 1.29 is 0 Å². The van der Waals surface area contributed by atoms with Crippen LogP contribution in [0.5, 0.6) is 0 Å². The Morgan fingerprint density at radius 1 is 1.30 bits per heavy atom. The van der Waals surface area contributed by atoms with E-state index in [4.69, 9.17) is 11.6 Å². The number of hydrogen-bond acceptors (Lipinski definition) is 8. The van der Waals surface area contributed by atoms with Crippen LogP contribution in [0.15, 0.2) is 35.4 Å². The predicted octanol–water partition coefficient (Wildman–Crippen LogP) is 1.82. The van der Waals surface area contributed by atoms with Crippen molar-refractivity contribution in [1.82, 2.24) is 40.1 Å². The van der Waals surface area contributed by atoms with E-state index in [1.54, 1.807) is 31.3 Å². The lowest BCUT2D eigenvalue weighted by molar-refractivity contribution is 0.753. The zero-order chi connectivity index (χ0) is 19.0. The first-order valence-electron chi connectivity index (χ1n) is 8.04. The number of nitrogens with zero attached hydrogens (tertiary/aromatic N) is 7. The van der Waals surface area contributed by atoms with E-state index < -0.39 is 0 Å². The summed E-state index contributed by atoms with van der Waals surface area (Å²) in [5.41, 5.74) is 0.747. The van der Waals surface area contributed by atoms with Gasteiger partial charge in [-0.25, -0.2) is 9.97 Å². The van der Waals surface area contributed by atoms with Crippen molar-refractivity contribution in [3.63, 3.8) is 0 Å². The van der Waals surface area contributed by atoms with Gasteiger partial charge < -0.3 is 10.3 Å². The summed E-state index contributed by atoms with van der Waals surface area (Å²) in [6.07, 6.45) is 3.08. The van der Waals surface area contributed by atoms with Crippen LogP contribution in [0.3, 0.4) is 0 Å². The van der Waals surface area contributed by atoms with Crippen LogP contribution in [0.2, 0.25) is 5.02 Å². The summed E-state index contributed by atoms with van der Waals surface area (Å²) in [7, 11) is 0. The van der Waals surface area contributed by atoms with Crippen molar-refractivity contribution in [2.24, 2.45) is 0 Å². The van der Waals surface area contributed by atoms with Crippen molar-refractivity contribution >= 4 is 28.6 Å². The van der Waals surface area contributed by atoms with Gasteiger partial charge in [0.05, 0.1) is 11.1 Å². The number of pyridine rings is 2. The molecule has 136 valence electrons. The molecule has 0 aliphatic rings. The largest absolute Gasteiger partial charge is 0.347 e. The average molecular weight is 384 g/mol. The van der Waals surface area contributed by atoms with Gasteiger partial charge in [-0.3, -0.25) is 4.79 Å². The van der Waals surface area contributed by atoms with Gasteiger partial charge in [0.1, 0.15) is 5.65 Å². The van der Waals surface area contributed by atoms with Crippen molar-refractivity contribution in [2.75, 3.05) is 5.32 Å². The maximum atomic E-state index is 12.4. The molecule has 0 saturated heterocycles. The highest BCUT2D eigenvalue weighted by molar-refractivity contribution is 6.31. The molecule has 0 radical (unpaired) electrons. The molecule has 0 fully saturated rings. The molecule has 4 heterocycles. The molecular formula is C16H14ClN9O. The molecule has 0 unspecified atom stereocenters. The lowest BCUT2D eigenvalue weighted by Crippen LogP contribution is -2.20. The summed E-state index contributed by atoms with van der Waals surface area (Å²) in [5, 5.41) is 15.7. The molecule has 0 aliphatic heterocycles. The number of anilines is 1. The lowest BCUT2D eigenvalue weighted by Gasteiger charge is -2.14. The van der Waals surface area contributed by atoms with Crippen molar-refractivity contribution in [3.8, 4) is 5.82 Å². The minimum Gasteiger partial charge on any atom is -0.347 e. The van der Waals surface area contributed by atoms with Crippen LogP contribution in [-0.2, 0) is 0 Å². The SMILES string of the molecule is Cc1nnnn1-c1ccnc(N[C@@H](C)c2cc3cc(Cl)cnc3[nH]c2=O)n1. The third-order valence-corrected chi connectivity index (χ3v) is 4.19. The molecule has 0 bridgehead atoms. The van der Waals surface area contributed by atoms with E-state index in [2.05, 4.69) is 40.8 Å². The molecular weight excluding hydrogens is 370 g/mol. The summed E-state index contributed by atoms with van der Waals surface area (Å²) < 4.78 is 1.49. The number of nitrogens with one attached hydrogen (secondary N) is 2. The van der Waals surface area contributed by atoms with Crippen molar-refractivity contribution in [1.29, 1.82) is 0 Å². The molecule has 11 heteroatoms. The van der Waals surface area contributed by atoms with Gasteiger partial charge in [0.15, 0.2) is 11.6 Å². The Hall–Kier alpha value is -3.40. The number of aromatic nitrogens is 8. The Bertz CT molecular complexity index is 1190. The Kier molecular flexibility index (Phi) is 4.24. The van der Waals surface area contributed by atoms with Gasteiger partial charge in [0, 0.05) is 29.4 Å². The fourth-order valence-electron chi connectivity index (χ4n) is 2.66. The molecule has 10 nitrogen and oxygen atoms in total. The topological polar surface area (TPSA) is 127 Å². The van der Waals surface area contributed by atoms with E-state index >= 15 is 0 Å². The minimum atomic E-state index is -0.359. The molecule has 1 atom stereocenters. The van der Waals surface area contributed by atoms with E-state index in [0.717, 1.165) is 5.39 Å². The number of halogens is 1. The molecule has 0 aromatic carbocycles. The summed E-state index contributed by atoms with van der Waals surface area (Å²) in [6, 6.07) is 4.83. The molecule has 27 heavy (non-hydrogen) atoms. The Morgan fingerprint density at radius 2 is 2.15 bits per heavy atom. The van der Waals surface area contributed by atoms with E-state index in [1.165, 1.54) is 10.9 Å². The van der Waals surface area contributed by atoms with Crippen molar-refractivity contribution in [2.45, 2.75) is 19.9 Å². The molecule has 2 N–H and O–H groups in total. The molecule has 0 amide bonds. The number of fused-ring (bicyclic) bond motifs is 1. The first-order chi connectivity index (χ1) is 13.0. The van der Waals surface area contributed by atoms with Gasteiger partial charge >= 0.3 is 0 Å². The highest BCUT2D eigenvalue weighted by atomic mass is 35.5. The molecule has 4 rings (SSSR count). The number of rotatable bonds is 4. The third kappa shape index (κ3) is 3.34. The smallest absolute Gasteiger partial charge is 0.254 e. The van der Waals surface area contributed by atoms with Crippen molar-refractivity contribution in [3.05, 3.63) is 57.4 Å². The second kappa shape index (κ2) is 6.72. The Balaban J connectivity index is 1.65.